The van der Waals surface area contributed by atoms with Gasteiger partial charge in [0.05, 0.1) is 0 Å². The minimum Gasteiger partial charge on any atom is -0.454 e. The standard InChI is InChI=1S/C12H20N4O3/c1-3-4-9(2)14-11(17)8-19-12(18)7-16-6-5-10(13)15-16/h5-6,9H,3-4,7-8H2,1-2H3,(H2,13,15)(H,14,17). The predicted octanol–water partition coefficient (Wildman–Crippen LogP) is 0.313. The molecular weight excluding hydrogens is 248 g/mol. The Balaban J connectivity index is 2.24. The normalized spacial score (nSPS) is 11.9. The molecule has 1 aromatic rings. The number of ether oxygens (including phenoxy) is 1. The largest absolute Gasteiger partial charge is 0.454 e. The smallest absolute Gasteiger partial charge is 0.328 e. The van der Waals surface area contributed by atoms with Gasteiger partial charge in [-0.1, -0.05) is 13.3 Å². The lowest BCUT2D eigenvalue weighted by Crippen LogP contribution is -2.36. The first-order chi connectivity index (χ1) is 9.01. The van der Waals surface area contributed by atoms with Crippen LogP contribution < -0.4 is 11.1 Å². The summed E-state index contributed by atoms with van der Waals surface area (Å²) < 4.78 is 6.20. The van der Waals surface area contributed by atoms with Crippen LogP contribution in [0.3, 0.4) is 0 Å². The summed E-state index contributed by atoms with van der Waals surface area (Å²) in [5.41, 5.74) is 5.41. The second-order valence-electron chi connectivity index (χ2n) is 4.36. The van der Waals surface area contributed by atoms with E-state index in [-0.39, 0.29) is 25.1 Å². The van der Waals surface area contributed by atoms with E-state index in [4.69, 9.17) is 10.5 Å². The summed E-state index contributed by atoms with van der Waals surface area (Å²) in [7, 11) is 0. The summed E-state index contributed by atoms with van der Waals surface area (Å²) in [5.74, 6) is -0.491. The molecule has 1 rings (SSSR count). The highest BCUT2D eigenvalue weighted by Gasteiger charge is 2.10. The van der Waals surface area contributed by atoms with Crippen molar-refractivity contribution >= 4 is 17.7 Å². The van der Waals surface area contributed by atoms with Crippen LogP contribution in [-0.4, -0.2) is 34.3 Å². The quantitative estimate of drug-likeness (QED) is 0.693. The van der Waals surface area contributed by atoms with E-state index in [1.807, 2.05) is 13.8 Å². The summed E-state index contributed by atoms with van der Waals surface area (Å²) in [6.45, 7) is 3.62. The first-order valence-corrected chi connectivity index (χ1v) is 6.25. The van der Waals surface area contributed by atoms with Crippen molar-refractivity contribution in [1.82, 2.24) is 15.1 Å². The number of anilines is 1. The van der Waals surface area contributed by atoms with Gasteiger partial charge in [0.25, 0.3) is 5.91 Å². The van der Waals surface area contributed by atoms with Crippen LogP contribution in [0.1, 0.15) is 26.7 Å². The molecule has 0 saturated carbocycles. The van der Waals surface area contributed by atoms with Crippen LogP contribution in [0, 0.1) is 0 Å². The molecule has 0 aliphatic heterocycles. The highest BCUT2D eigenvalue weighted by molar-refractivity contribution is 5.80. The Morgan fingerprint density at radius 3 is 2.89 bits per heavy atom. The Morgan fingerprint density at radius 2 is 2.32 bits per heavy atom. The number of hydrogen-bond donors (Lipinski definition) is 2. The molecular formula is C12H20N4O3. The third kappa shape index (κ3) is 5.89. The van der Waals surface area contributed by atoms with Crippen LogP contribution in [0.25, 0.3) is 0 Å². The van der Waals surface area contributed by atoms with Gasteiger partial charge < -0.3 is 15.8 Å². The number of esters is 1. The molecule has 3 N–H and O–H groups in total. The first-order valence-electron chi connectivity index (χ1n) is 6.25. The lowest BCUT2D eigenvalue weighted by atomic mass is 10.2. The molecule has 0 fully saturated rings. The van der Waals surface area contributed by atoms with Crippen LogP contribution in [0.4, 0.5) is 5.82 Å². The molecule has 1 heterocycles. The fourth-order valence-electron chi connectivity index (χ4n) is 1.61. The molecule has 1 atom stereocenters. The van der Waals surface area contributed by atoms with Gasteiger partial charge in [0, 0.05) is 12.2 Å². The molecule has 0 saturated heterocycles. The lowest BCUT2D eigenvalue weighted by molar-refractivity contribution is -0.149. The number of aromatic nitrogens is 2. The van der Waals surface area contributed by atoms with Gasteiger partial charge in [-0.3, -0.25) is 14.3 Å². The zero-order valence-electron chi connectivity index (χ0n) is 11.3. The van der Waals surface area contributed by atoms with Gasteiger partial charge in [-0.05, 0) is 19.4 Å². The maximum absolute atomic E-state index is 11.5. The van der Waals surface area contributed by atoms with Crippen molar-refractivity contribution in [3.8, 4) is 0 Å². The average molecular weight is 268 g/mol. The molecule has 0 bridgehead atoms. The van der Waals surface area contributed by atoms with Crippen LogP contribution >= 0.6 is 0 Å². The van der Waals surface area contributed by atoms with Crippen molar-refractivity contribution in [2.75, 3.05) is 12.3 Å². The number of carbonyl (C=O) groups excluding carboxylic acids is 2. The number of nitrogens with two attached hydrogens (primary N) is 1. The van der Waals surface area contributed by atoms with Crippen molar-refractivity contribution < 1.29 is 14.3 Å². The molecule has 0 aliphatic rings. The van der Waals surface area contributed by atoms with E-state index < -0.39 is 5.97 Å². The van der Waals surface area contributed by atoms with E-state index in [2.05, 4.69) is 10.4 Å². The highest BCUT2D eigenvalue weighted by atomic mass is 16.5. The molecule has 0 aliphatic carbocycles. The third-order valence-electron chi connectivity index (χ3n) is 2.45. The number of nitrogens with one attached hydrogen (secondary N) is 1. The third-order valence-corrected chi connectivity index (χ3v) is 2.45. The topological polar surface area (TPSA) is 99.2 Å². The number of carbonyl (C=O) groups is 2. The Bertz CT molecular complexity index is 430. The minimum atomic E-state index is -0.526. The summed E-state index contributed by atoms with van der Waals surface area (Å²) in [4.78, 5) is 22.9. The molecule has 7 heteroatoms. The van der Waals surface area contributed by atoms with E-state index in [9.17, 15) is 9.59 Å². The number of nitrogen functional groups attached to an aromatic ring is 1. The van der Waals surface area contributed by atoms with Crippen molar-refractivity contribution in [3.05, 3.63) is 12.3 Å². The Kier molecular flexibility index (Phi) is 5.84. The van der Waals surface area contributed by atoms with Crippen LogP contribution in [-0.2, 0) is 20.9 Å². The van der Waals surface area contributed by atoms with Crippen LogP contribution in [0.15, 0.2) is 12.3 Å². The average Bonchev–Trinajstić information content (AvgIpc) is 2.72. The Morgan fingerprint density at radius 1 is 1.58 bits per heavy atom. The SMILES string of the molecule is CCCC(C)NC(=O)COC(=O)Cn1ccc(N)n1. The van der Waals surface area contributed by atoms with Gasteiger partial charge in [-0.2, -0.15) is 5.10 Å². The molecule has 0 radical (unpaired) electrons. The second kappa shape index (κ2) is 7.40. The number of nitrogens with zero attached hydrogens (tertiary/aromatic N) is 2. The molecule has 0 aromatic carbocycles. The zero-order valence-corrected chi connectivity index (χ0v) is 11.3. The van der Waals surface area contributed by atoms with Gasteiger partial charge in [0.2, 0.25) is 0 Å². The minimum absolute atomic E-state index is 0.0605. The van der Waals surface area contributed by atoms with Gasteiger partial charge in [-0.15, -0.1) is 0 Å². The maximum atomic E-state index is 11.5. The van der Waals surface area contributed by atoms with E-state index in [1.165, 1.54) is 4.68 Å². The molecule has 1 unspecified atom stereocenters. The lowest BCUT2D eigenvalue weighted by Gasteiger charge is -2.12. The van der Waals surface area contributed by atoms with Crippen molar-refractivity contribution in [2.24, 2.45) is 0 Å². The van der Waals surface area contributed by atoms with Gasteiger partial charge in [0.15, 0.2) is 6.61 Å². The Hall–Kier alpha value is -2.05. The van der Waals surface area contributed by atoms with Crippen LogP contribution in [0.2, 0.25) is 0 Å². The maximum Gasteiger partial charge on any atom is 0.328 e. The molecule has 0 spiro atoms. The number of rotatable bonds is 7. The molecule has 1 amide bonds. The molecule has 106 valence electrons. The van der Waals surface area contributed by atoms with Crippen molar-refractivity contribution in [2.45, 2.75) is 39.3 Å². The number of hydrogen-bond acceptors (Lipinski definition) is 5. The van der Waals surface area contributed by atoms with E-state index >= 15 is 0 Å². The molecule has 7 nitrogen and oxygen atoms in total. The van der Waals surface area contributed by atoms with Gasteiger partial charge in [0.1, 0.15) is 12.4 Å². The van der Waals surface area contributed by atoms with E-state index in [1.54, 1.807) is 12.3 Å². The first kappa shape index (κ1) is 15.0. The van der Waals surface area contributed by atoms with Gasteiger partial charge in [-0.25, -0.2) is 0 Å². The van der Waals surface area contributed by atoms with Crippen molar-refractivity contribution in [1.29, 1.82) is 0 Å². The highest BCUT2D eigenvalue weighted by Crippen LogP contribution is 1.97. The predicted molar refractivity (Wildman–Crippen MR) is 70.1 cm³/mol. The fraction of sp³-hybridized carbons (Fsp3) is 0.583. The van der Waals surface area contributed by atoms with E-state index in [0.29, 0.717) is 5.82 Å². The zero-order chi connectivity index (χ0) is 14.3. The van der Waals surface area contributed by atoms with Crippen molar-refractivity contribution in [3.63, 3.8) is 0 Å². The fourth-order valence-corrected chi connectivity index (χ4v) is 1.61. The summed E-state index contributed by atoms with van der Waals surface area (Å²) in [5, 5.41) is 6.59. The van der Waals surface area contributed by atoms with Gasteiger partial charge >= 0.3 is 5.97 Å². The second-order valence-corrected chi connectivity index (χ2v) is 4.36. The summed E-state index contributed by atoms with van der Waals surface area (Å²) in [6, 6.07) is 1.66. The van der Waals surface area contributed by atoms with E-state index in [0.717, 1.165) is 12.8 Å². The monoisotopic (exact) mass is 268 g/mol. The Labute approximate surface area is 112 Å². The summed E-state index contributed by atoms with van der Waals surface area (Å²) >= 11 is 0. The van der Waals surface area contributed by atoms with Crippen LogP contribution in [0.5, 0.6) is 0 Å². The number of amides is 1. The molecule has 1 aromatic heterocycles. The summed E-state index contributed by atoms with van der Waals surface area (Å²) in [6.07, 6.45) is 3.45. The molecule has 19 heavy (non-hydrogen) atoms.